The minimum Gasteiger partial charge on any atom is -0.387 e. The first-order chi connectivity index (χ1) is 11.5. The van der Waals surface area contributed by atoms with Gasteiger partial charge in [0.05, 0.1) is 18.3 Å². The van der Waals surface area contributed by atoms with Gasteiger partial charge in [-0.2, -0.15) is 0 Å². The van der Waals surface area contributed by atoms with Gasteiger partial charge in [-0.3, -0.25) is 9.69 Å². The van der Waals surface area contributed by atoms with Crippen LogP contribution in [0.25, 0.3) is 0 Å². The highest BCUT2D eigenvalue weighted by atomic mass is 32.2. The molecule has 0 saturated heterocycles. The summed E-state index contributed by atoms with van der Waals surface area (Å²) in [5.41, 5.74) is 0.996. The van der Waals surface area contributed by atoms with E-state index in [1.807, 2.05) is 30.5 Å². The Morgan fingerprint density at radius 3 is 2.62 bits per heavy atom. The molecule has 2 aromatic rings. The number of aliphatic hydroxyl groups excluding tert-OH is 1. The second kappa shape index (κ2) is 8.82. The van der Waals surface area contributed by atoms with E-state index >= 15 is 0 Å². The molecule has 24 heavy (non-hydrogen) atoms. The van der Waals surface area contributed by atoms with Gasteiger partial charge in [0.2, 0.25) is 5.91 Å². The molecule has 0 bridgehead atoms. The molecule has 0 saturated carbocycles. The Morgan fingerprint density at radius 1 is 1.25 bits per heavy atom. The zero-order valence-corrected chi connectivity index (χ0v) is 14.5. The number of benzene rings is 2. The minimum atomic E-state index is -0.984. The summed E-state index contributed by atoms with van der Waals surface area (Å²) in [7, 11) is 1.71. The maximum absolute atomic E-state index is 13.7. The Labute approximate surface area is 145 Å². The van der Waals surface area contributed by atoms with Crippen LogP contribution in [-0.4, -0.2) is 42.3 Å². The van der Waals surface area contributed by atoms with Gasteiger partial charge in [-0.1, -0.05) is 30.3 Å². The van der Waals surface area contributed by atoms with Crippen LogP contribution in [-0.2, 0) is 4.79 Å². The number of halogens is 1. The first-order valence-electron chi connectivity index (χ1n) is 7.55. The first-order valence-corrected chi connectivity index (χ1v) is 8.77. The van der Waals surface area contributed by atoms with Crippen molar-refractivity contribution in [2.24, 2.45) is 0 Å². The fourth-order valence-electron chi connectivity index (χ4n) is 2.39. The van der Waals surface area contributed by atoms with Crippen LogP contribution in [0.1, 0.15) is 11.7 Å². The monoisotopic (exact) mass is 348 g/mol. The number of likely N-dealkylation sites (N-methyl/N-ethyl adjacent to an activating group) is 1. The highest BCUT2D eigenvalue weighted by Gasteiger charge is 2.16. The lowest BCUT2D eigenvalue weighted by Gasteiger charge is -2.21. The van der Waals surface area contributed by atoms with Gasteiger partial charge in [-0.25, -0.2) is 4.39 Å². The quantitative estimate of drug-likeness (QED) is 0.755. The average molecular weight is 348 g/mol. The van der Waals surface area contributed by atoms with Crippen molar-refractivity contribution in [1.82, 2.24) is 4.90 Å². The molecule has 0 fully saturated rings. The zero-order chi connectivity index (χ0) is 17.5. The van der Waals surface area contributed by atoms with Crippen LogP contribution in [0, 0.1) is 5.82 Å². The van der Waals surface area contributed by atoms with Crippen LogP contribution in [0.3, 0.4) is 0 Å². The summed E-state index contributed by atoms with van der Waals surface area (Å²) in [5.74, 6) is -0.628. The van der Waals surface area contributed by atoms with Crippen molar-refractivity contribution >= 4 is 23.4 Å². The number of hydrogen-bond acceptors (Lipinski definition) is 4. The van der Waals surface area contributed by atoms with E-state index in [0.717, 1.165) is 10.6 Å². The topological polar surface area (TPSA) is 52.6 Å². The molecule has 0 radical (unpaired) electrons. The lowest BCUT2D eigenvalue weighted by atomic mass is 10.1. The molecule has 128 valence electrons. The summed E-state index contributed by atoms with van der Waals surface area (Å²) >= 11 is 1.56. The van der Waals surface area contributed by atoms with Crippen LogP contribution in [0.4, 0.5) is 10.1 Å². The fourth-order valence-corrected chi connectivity index (χ4v) is 2.94. The van der Waals surface area contributed by atoms with Gasteiger partial charge in [0.1, 0.15) is 5.82 Å². The van der Waals surface area contributed by atoms with E-state index in [4.69, 9.17) is 0 Å². The normalized spacial score (nSPS) is 12.2. The third-order valence-electron chi connectivity index (χ3n) is 3.54. The van der Waals surface area contributed by atoms with Crippen molar-refractivity contribution in [2.45, 2.75) is 11.0 Å². The number of hydrogen-bond donors (Lipinski definition) is 2. The number of nitrogens with zero attached hydrogens (tertiary/aromatic N) is 1. The van der Waals surface area contributed by atoms with E-state index in [9.17, 15) is 14.3 Å². The molecule has 0 aliphatic carbocycles. The number of anilines is 1. The van der Waals surface area contributed by atoms with Gasteiger partial charge < -0.3 is 10.4 Å². The molecule has 0 spiro atoms. The number of carbonyl (C=O) groups excluding carboxylic acids is 1. The predicted molar refractivity (Wildman–Crippen MR) is 95.7 cm³/mol. The van der Waals surface area contributed by atoms with E-state index in [1.165, 1.54) is 6.07 Å². The highest BCUT2D eigenvalue weighted by Crippen LogP contribution is 2.24. The van der Waals surface area contributed by atoms with Crippen molar-refractivity contribution in [3.05, 3.63) is 59.9 Å². The van der Waals surface area contributed by atoms with E-state index in [1.54, 1.807) is 41.9 Å². The summed E-state index contributed by atoms with van der Waals surface area (Å²) in [6.07, 6.45) is 0.962. The van der Waals surface area contributed by atoms with Crippen molar-refractivity contribution in [3.8, 4) is 0 Å². The third-order valence-corrected chi connectivity index (χ3v) is 4.34. The van der Waals surface area contributed by atoms with Crippen LogP contribution in [0.15, 0.2) is 53.4 Å². The lowest BCUT2D eigenvalue weighted by Crippen LogP contribution is -2.33. The van der Waals surface area contributed by atoms with Crippen LogP contribution < -0.4 is 5.32 Å². The van der Waals surface area contributed by atoms with E-state index < -0.39 is 11.9 Å². The molecule has 0 heterocycles. The molecule has 0 aliphatic heterocycles. The number of aliphatic hydroxyl groups is 1. The van der Waals surface area contributed by atoms with Crippen molar-refractivity contribution in [2.75, 3.05) is 31.7 Å². The summed E-state index contributed by atoms with van der Waals surface area (Å²) in [4.78, 5) is 14.8. The molecule has 2 rings (SSSR count). The fraction of sp³-hybridized carbons (Fsp3) is 0.278. The van der Waals surface area contributed by atoms with Crippen molar-refractivity contribution < 1.29 is 14.3 Å². The Bertz CT molecular complexity index is 696. The number of para-hydroxylation sites is 1. The van der Waals surface area contributed by atoms with E-state index in [-0.39, 0.29) is 24.6 Å². The van der Waals surface area contributed by atoms with Crippen LogP contribution in [0.2, 0.25) is 0 Å². The van der Waals surface area contributed by atoms with Gasteiger partial charge in [0, 0.05) is 17.0 Å². The van der Waals surface area contributed by atoms with Crippen molar-refractivity contribution in [1.29, 1.82) is 0 Å². The van der Waals surface area contributed by atoms with E-state index in [0.29, 0.717) is 0 Å². The smallest absolute Gasteiger partial charge is 0.238 e. The first kappa shape index (κ1) is 18.4. The lowest BCUT2D eigenvalue weighted by molar-refractivity contribution is -0.117. The standard InChI is InChI=1S/C18H21FN2O2S/c1-21(11-16(22)13-7-3-4-8-14(13)19)12-18(23)20-15-9-5-6-10-17(15)24-2/h3-10,16,22H,11-12H2,1-2H3,(H,20,23). The number of rotatable bonds is 7. The molecule has 4 nitrogen and oxygen atoms in total. The second-order valence-corrected chi connectivity index (χ2v) is 6.33. The predicted octanol–water partition coefficient (Wildman–Crippen LogP) is 3.15. The van der Waals surface area contributed by atoms with Gasteiger partial charge in [0.15, 0.2) is 0 Å². The zero-order valence-electron chi connectivity index (χ0n) is 13.7. The van der Waals surface area contributed by atoms with Gasteiger partial charge in [0.25, 0.3) is 0 Å². The van der Waals surface area contributed by atoms with Crippen molar-refractivity contribution in [3.63, 3.8) is 0 Å². The molecule has 1 amide bonds. The average Bonchev–Trinajstić information content (AvgIpc) is 2.55. The molecule has 6 heteroatoms. The maximum atomic E-state index is 13.7. The Balaban J connectivity index is 1.91. The maximum Gasteiger partial charge on any atom is 0.238 e. The number of thioether (sulfide) groups is 1. The molecule has 2 N–H and O–H groups in total. The largest absolute Gasteiger partial charge is 0.387 e. The summed E-state index contributed by atoms with van der Waals surface area (Å²) in [5, 5.41) is 13.0. The summed E-state index contributed by atoms with van der Waals surface area (Å²) in [6, 6.07) is 13.7. The van der Waals surface area contributed by atoms with Gasteiger partial charge in [-0.15, -0.1) is 11.8 Å². The Kier molecular flexibility index (Phi) is 6.78. The number of carbonyl (C=O) groups is 1. The molecule has 1 unspecified atom stereocenters. The van der Waals surface area contributed by atoms with E-state index in [2.05, 4.69) is 5.32 Å². The Hall–Kier alpha value is -1.89. The molecule has 2 aromatic carbocycles. The molecule has 0 aromatic heterocycles. The van der Waals surface area contributed by atoms with Gasteiger partial charge >= 0.3 is 0 Å². The van der Waals surface area contributed by atoms with Gasteiger partial charge in [-0.05, 0) is 31.5 Å². The minimum absolute atomic E-state index is 0.105. The molecular weight excluding hydrogens is 327 g/mol. The molecule has 1 atom stereocenters. The van der Waals surface area contributed by atoms with Crippen LogP contribution in [0.5, 0.6) is 0 Å². The Morgan fingerprint density at radius 2 is 1.92 bits per heavy atom. The SMILES string of the molecule is CSc1ccccc1NC(=O)CN(C)CC(O)c1ccccc1F. The molecule has 0 aliphatic rings. The molecular formula is C18H21FN2O2S. The number of amides is 1. The number of nitrogens with one attached hydrogen (secondary N) is 1. The van der Waals surface area contributed by atoms with Crippen LogP contribution >= 0.6 is 11.8 Å². The highest BCUT2D eigenvalue weighted by molar-refractivity contribution is 7.98. The summed E-state index contributed by atoms with van der Waals surface area (Å²) < 4.78 is 13.7. The third kappa shape index (κ3) is 5.06. The summed E-state index contributed by atoms with van der Waals surface area (Å²) in [6.45, 7) is 0.271. The second-order valence-electron chi connectivity index (χ2n) is 5.48.